The summed E-state index contributed by atoms with van der Waals surface area (Å²) in [7, 11) is 0. The first-order valence-corrected chi connectivity index (χ1v) is 9.07. The summed E-state index contributed by atoms with van der Waals surface area (Å²) >= 11 is 0. The first-order chi connectivity index (χ1) is 13.2. The molecule has 148 valence electrons. The van der Waals surface area contributed by atoms with E-state index in [9.17, 15) is 23.1 Å². The molecule has 0 amide bonds. The topological polar surface area (TPSA) is 79.5 Å². The Labute approximate surface area is 160 Å². The number of benzene rings is 1. The highest BCUT2D eigenvalue weighted by Crippen LogP contribution is 2.50. The van der Waals surface area contributed by atoms with Crippen LogP contribution in [0.15, 0.2) is 42.6 Å². The maximum Gasteiger partial charge on any atom is 0.416 e. The highest BCUT2D eigenvalue weighted by Gasteiger charge is 2.52. The van der Waals surface area contributed by atoms with E-state index in [4.69, 9.17) is 5.73 Å². The number of aromatic carboxylic acids is 1. The molecular weight excluding hydrogens is 371 g/mol. The molecule has 1 aliphatic carbocycles. The first kappa shape index (κ1) is 18.7. The SMILES string of the molecule is N[C@]12C[C@@H](c3ccccc3C(F)(F)F)C[C@H]1CN(c1ncccc1C(=O)O)C2. The molecular formula is C20H20F3N3O2. The van der Waals surface area contributed by atoms with Crippen molar-refractivity contribution < 1.29 is 23.1 Å². The van der Waals surface area contributed by atoms with Crippen LogP contribution in [-0.2, 0) is 6.18 Å². The summed E-state index contributed by atoms with van der Waals surface area (Å²) in [6, 6.07) is 8.73. The van der Waals surface area contributed by atoms with Gasteiger partial charge in [0.05, 0.1) is 5.56 Å². The van der Waals surface area contributed by atoms with Crippen molar-refractivity contribution in [3.63, 3.8) is 0 Å². The van der Waals surface area contributed by atoms with Crippen LogP contribution in [0.2, 0.25) is 0 Å². The molecule has 0 radical (unpaired) electrons. The molecule has 2 aromatic rings. The van der Waals surface area contributed by atoms with Gasteiger partial charge in [-0.3, -0.25) is 0 Å². The lowest BCUT2D eigenvalue weighted by Crippen LogP contribution is -2.44. The molecule has 8 heteroatoms. The lowest BCUT2D eigenvalue weighted by Gasteiger charge is -2.26. The molecule has 28 heavy (non-hydrogen) atoms. The third-order valence-corrected chi connectivity index (χ3v) is 5.96. The number of aromatic nitrogens is 1. The Morgan fingerprint density at radius 3 is 2.68 bits per heavy atom. The predicted octanol–water partition coefficient (Wildman–Crippen LogP) is 3.51. The van der Waals surface area contributed by atoms with Gasteiger partial charge >= 0.3 is 12.1 Å². The van der Waals surface area contributed by atoms with E-state index >= 15 is 0 Å². The highest BCUT2D eigenvalue weighted by atomic mass is 19.4. The molecule has 2 aliphatic rings. The molecule has 5 nitrogen and oxygen atoms in total. The second-order valence-corrected chi connectivity index (χ2v) is 7.71. The van der Waals surface area contributed by atoms with E-state index in [-0.39, 0.29) is 17.4 Å². The van der Waals surface area contributed by atoms with E-state index in [0.29, 0.717) is 37.3 Å². The Bertz CT molecular complexity index is 918. The zero-order chi connectivity index (χ0) is 20.1. The van der Waals surface area contributed by atoms with E-state index in [2.05, 4.69) is 4.98 Å². The Morgan fingerprint density at radius 1 is 1.25 bits per heavy atom. The number of fused-ring (bicyclic) bond motifs is 1. The number of hydrogen-bond donors (Lipinski definition) is 2. The summed E-state index contributed by atoms with van der Waals surface area (Å²) in [5.74, 6) is -0.996. The van der Waals surface area contributed by atoms with Crippen LogP contribution in [0.4, 0.5) is 19.0 Å². The molecule has 2 fully saturated rings. The summed E-state index contributed by atoms with van der Waals surface area (Å²) < 4.78 is 40.2. The van der Waals surface area contributed by atoms with E-state index in [1.54, 1.807) is 12.1 Å². The maximum absolute atomic E-state index is 13.4. The maximum atomic E-state index is 13.4. The average molecular weight is 391 g/mol. The molecule has 3 atom stereocenters. The van der Waals surface area contributed by atoms with Crippen LogP contribution in [-0.4, -0.2) is 34.7 Å². The van der Waals surface area contributed by atoms with Crippen LogP contribution in [0.1, 0.15) is 40.2 Å². The lowest BCUT2D eigenvalue weighted by atomic mass is 9.89. The van der Waals surface area contributed by atoms with Crippen molar-refractivity contribution in [1.29, 1.82) is 0 Å². The van der Waals surface area contributed by atoms with Crippen LogP contribution in [0.5, 0.6) is 0 Å². The third kappa shape index (κ3) is 3.11. The fourth-order valence-corrected chi connectivity index (χ4v) is 4.75. The number of pyridine rings is 1. The number of carboxylic acid groups (broad SMARTS) is 1. The number of halogens is 3. The lowest BCUT2D eigenvalue weighted by molar-refractivity contribution is -0.138. The minimum atomic E-state index is -4.40. The number of carbonyl (C=O) groups is 1. The van der Waals surface area contributed by atoms with Gasteiger partial charge < -0.3 is 15.7 Å². The summed E-state index contributed by atoms with van der Waals surface area (Å²) in [4.78, 5) is 17.5. The van der Waals surface area contributed by atoms with Crippen molar-refractivity contribution in [2.75, 3.05) is 18.0 Å². The molecule has 1 aromatic carbocycles. The van der Waals surface area contributed by atoms with Crippen molar-refractivity contribution >= 4 is 11.8 Å². The summed E-state index contributed by atoms with van der Waals surface area (Å²) in [5, 5.41) is 9.39. The first-order valence-electron chi connectivity index (χ1n) is 9.07. The molecule has 1 aliphatic heterocycles. The van der Waals surface area contributed by atoms with Crippen LogP contribution in [0, 0.1) is 5.92 Å². The quantitative estimate of drug-likeness (QED) is 0.837. The number of nitrogens with zero attached hydrogens (tertiary/aromatic N) is 2. The Hall–Kier alpha value is -2.61. The van der Waals surface area contributed by atoms with Gasteiger partial charge in [0, 0.05) is 24.8 Å². The Balaban J connectivity index is 1.58. The van der Waals surface area contributed by atoms with Crippen LogP contribution < -0.4 is 10.6 Å². The molecule has 3 N–H and O–H groups in total. The van der Waals surface area contributed by atoms with Crippen molar-refractivity contribution in [2.45, 2.75) is 30.5 Å². The van der Waals surface area contributed by atoms with E-state index in [1.807, 2.05) is 4.90 Å². The second-order valence-electron chi connectivity index (χ2n) is 7.71. The van der Waals surface area contributed by atoms with E-state index in [0.717, 1.165) is 6.07 Å². The average Bonchev–Trinajstić information content (AvgIpc) is 3.12. The normalized spacial score (nSPS) is 27.1. The van der Waals surface area contributed by atoms with Gasteiger partial charge in [-0.05, 0) is 48.4 Å². The number of anilines is 1. The monoisotopic (exact) mass is 391 g/mol. The van der Waals surface area contributed by atoms with Gasteiger partial charge in [-0.2, -0.15) is 13.2 Å². The second kappa shape index (κ2) is 6.48. The molecule has 1 aromatic heterocycles. The van der Waals surface area contributed by atoms with Gasteiger partial charge in [-0.1, -0.05) is 18.2 Å². The number of alkyl halides is 3. The highest BCUT2D eigenvalue weighted by molar-refractivity contribution is 5.93. The van der Waals surface area contributed by atoms with Crippen LogP contribution >= 0.6 is 0 Å². The van der Waals surface area contributed by atoms with Crippen LogP contribution in [0.3, 0.4) is 0 Å². The van der Waals surface area contributed by atoms with Crippen LogP contribution in [0.25, 0.3) is 0 Å². The van der Waals surface area contributed by atoms with Gasteiger partial charge in [0.15, 0.2) is 0 Å². The fourth-order valence-electron chi connectivity index (χ4n) is 4.75. The van der Waals surface area contributed by atoms with Crippen molar-refractivity contribution in [3.8, 4) is 0 Å². The van der Waals surface area contributed by atoms with Crippen molar-refractivity contribution in [2.24, 2.45) is 11.7 Å². The Kier molecular flexibility index (Phi) is 4.33. The molecule has 0 unspecified atom stereocenters. The molecule has 0 bridgehead atoms. The number of rotatable bonds is 3. The number of carboxylic acids is 1. The predicted molar refractivity (Wildman–Crippen MR) is 97.2 cm³/mol. The van der Waals surface area contributed by atoms with Gasteiger partial charge in [-0.15, -0.1) is 0 Å². The molecule has 2 heterocycles. The van der Waals surface area contributed by atoms with Gasteiger partial charge in [0.25, 0.3) is 0 Å². The molecule has 0 spiro atoms. The Morgan fingerprint density at radius 2 is 2.00 bits per heavy atom. The number of nitrogens with two attached hydrogens (primary N) is 1. The van der Waals surface area contributed by atoms with E-state index in [1.165, 1.54) is 24.4 Å². The van der Waals surface area contributed by atoms with E-state index < -0.39 is 23.2 Å². The summed E-state index contributed by atoms with van der Waals surface area (Å²) in [5.41, 5.74) is 5.74. The molecule has 1 saturated carbocycles. The summed E-state index contributed by atoms with van der Waals surface area (Å²) in [6.45, 7) is 0.859. The smallest absolute Gasteiger partial charge is 0.416 e. The zero-order valence-corrected chi connectivity index (χ0v) is 15.0. The third-order valence-electron chi connectivity index (χ3n) is 5.96. The fraction of sp³-hybridized carbons (Fsp3) is 0.400. The molecule has 4 rings (SSSR count). The van der Waals surface area contributed by atoms with Crippen molar-refractivity contribution in [3.05, 3.63) is 59.3 Å². The molecule has 1 saturated heterocycles. The minimum Gasteiger partial charge on any atom is -0.478 e. The largest absolute Gasteiger partial charge is 0.478 e. The summed E-state index contributed by atoms with van der Waals surface area (Å²) in [6.07, 6.45) is -1.90. The van der Waals surface area contributed by atoms with Gasteiger partial charge in [0.1, 0.15) is 11.4 Å². The standard InChI is InChI=1S/C20H20F3N3O2/c21-20(22,23)16-6-2-1-4-14(16)12-8-13-10-26(11-19(13,24)9-12)17-15(18(27)28)5-3-7-25-17/h1-7,12-13H,8-11,24H2,(H,27,28)/t12-,13-,19-/m0/s1. The minimum absolute atomic E-state index is 0.0255. The van der Waals surface area contributed by atoms with Gasteiger partial charge in [0.2, 0.25) is 0 Å². The number of hydrogen-bond acceptors (Lipinski definition) is 4. The zero-order valence-electron chi connectivity index (χ0n) is 15.0. The van der Waals surface area contributed by atoms with Gasteiger partial charge in [-0.25, -0.2) is 9.78 Å². The van der Waals surface area contributed by atoms with Crippen molar-refractivity contribution in [1.82, 2.24) is 4.98 Å².